The highest BCUT2D eigenvalue weighted by Gasteiger charge is 2.22. The molecule has 2 aromatic rings. The lowest BCUT2D eigenvalue weighted by molar-refractivity contribution is -0.123. The largest absolute Gasteiger partial charge is 0.505 e. The van der Waals surface area contributed by atoms with Gasteiger partial charge in [0.25, 0.3) is 0 Å². The van der Waals surface area contributed by atoms with E-state index in [1.54, 1.807) is 12.1 Å². The summed E-state index contributed by atoms with van der Waals surface area (Å²) < 4.78 is 0. The lowest BCUT2D eigenvalue weighted by atomic mass is 10.1. The van der Waals surface area contributed by atoms with E-state index in [1.165, 1.54) is 0 Å². The summed E-state index contributed by atoms with van der Waals surface area (Å²) in [4.78, 5) is 29.3. The fourth-order valence-corrected chi connectivity index (χ4v) is 5.39. The van der Waals surface area contributed by atoms with E-state index in [9.17, 15) is 40.2 Å². The van der Waals surface area contributed by atoms with Gasteiger partial charge in [0, 0.05) is 37.3 Å². The molecule has 1 fully saturated rings. The third-order valence-electron chi connectivity index (χ3n) is 7.97. The molecule has 0 radical (unpaired) electrons. The van der Waals surface area contributed by atoms with E-state index >= 15 is 0 Å². The summed E-state index contributed by atoms with van der Waals surface area (Å²) in [6, 6.07) is 7.08. The summed E-state index contributed by atoms with van der Waals surface area (Å²) in [6.45, 7) is 7.22. The Bertz CT molecular complexity index is 1170. The highest BCUT2D eigenvalue weighted by atomic mass is 16.3. The van der Waals surface area contributed by atoms with Crippen molar-refractivity contribution in [1.82, 2.24) is 15.1 Å². The zero-order valence-electron chi connectivity index (χ0n) is 26.3. The molecule has 2 aromatic carbocycles. The Morgan fingerprint density at radius 1 is 0.689 bits per heavy atom. The monoisotopic (exact) mass is 631 g/mol. The smallest absolute Gasteiger partial charge is 0.232 e. The van der Waals surface area contributed by atoms with Crippen molar-refractivity contribution in [3.63, 3.8) is 0 Å². The van der Waals surface area contributed by atoms with Crippen LogP contribution in [0.2, 0.25) is 0 Å². The molecular formula is C32H49N5O8. The third kappa shape index (κ3) is 10.6. The SMILES string of the molecule is Cc1cc(CN2CCCNCCN(Cc3cc(C)cc(NC(=O)C(CO)CO)c3O)CCC2)c(O)c(NC(=O)C(CO)CO)c1. The number of hydrogen-bond donors (Lipinski definition) is 9. The van der Waals surface area contributed by atoms with Gasteiger partial charge in [-0.1, -0.05) is 12.1 Å². The van der Waals surface area contributed by atoms with E-state index < -0.39 is 50.1 Å². The van der Waals surface area contributed by atoms with Crippen LogP contribution in [-0.4, -0.2) is 118 Å². The molecule has 0 unspecified atom stereocenters. The fourth-order valence-electron chi connectivity index (χ4n) is 5.39. The minimum Gasteiger partial charge on any atom is -0.505 e. The third-order valence-corrected chi connectivity index (χ3v) is 7.97. The molecule has 250 valence electrons. The van der Waals surface area contributed by atoms with E-state index in [0.717, 1.165) is 63.2 Å². The van der Waals surface area contributed by atoms with Gasteiger partial charge in [-0.15, -0.1) is 0 Å². The average molecular weight is 632 g/mol. The van der Waals surface area contributed by atoms with Crippen LogP contribution in [0.3, 0.4) is 0 Å². The summed E-state index contributed by atoms with van der Waals surface area (Å²) in [7, 11) is 0. The van der Waals surface area contributed by atoms with Crippen molar-refractivity contribution in [1.29, 1.82) is 0 Å². The van der Waals surface area contributed by atoms with Crippen LogP contribution in [0.4, 0.5) is 11.4 Å². The van der Waals surface area contributed by atoms with Gasteiger partial charge in [0.2, 0.25) is 11.8 Å². The van der Waals surface area contributed by atoms with Gasteiger partial charge in [0.05, 0.1) is 49.6 Å². The highest BCUT2D eigenvalue weighted by Crippen LogP contribution is 2.32. The first-order valence-electron chi connectivity index (χ1n) is 15.5. The van der Waals surface area contributed by atoms with Crippen molar-refractivity contribution in [2.45, 2.75) is 39.8 Å². The van der Waals surface area contributed by atoms with E-state index in [2.05, 4.69) is 25.8 Å². The lowest BCUT2D eigenvalue weighted by Gasteiger charge is -2.26. The zero-order valence-corrected chi connectivity index (χ0v) is 26.3. The molecular weight excluding hydrogens is 582 g/mol. The van der Waals surface area contributed by atoms with Gasteiger partial charge in [-0.2, -0.15) is 0 Å². The molecule has 1 saturated heterocycles. The molecule has 1 heterocycles. The minimum atomic E-state index is -0.981. The highest BCUT2D eigenvalue weighted by molar-refractivity contribution is 5.95. The Balaban J connectivity index is 1.71. The molecule has 0 saturated carbocycles. The molecule has 0 bridgehead atoms. The van der Waals surface area contributed by atoms with Crippen LogP contribution in [0.25, 0.3) is 0 Å². The van der Waals surface area contributed by atoms with Gasteiger partial charge in [-0.05, 0) is 76.1 Å². The van der Waals surface area contributed by atoms with E-state index in [1.807, 2.05) is 26.0 Å². The van der Waals surface area contributed by atoms with Crippen LogP contribution in [-0.2, 0) is 22.7 Å². The molecule has 1 aliphatic heterocycles. The molecule has 0 atom stereocenters. The molecule has 0 aliphatic carbocycles. The molecule has 13 heteroatoms. The molecule has 13 nitrogen and oxygen atoms in total. The number of nitrogens with zero attached hydrogens (tertiary/aromatic N) is 2. The summed E-state index contributed by atoms with van der Waals surface area (Å²) in [5, 5.41) is 68.2. The first-order chi connectivity index (χ1) is 21.6. The number of phenols is 2. The first-order valence-corrected chi connectivity index (χ1v) is 15.5. The van der Waals surface area contributed by atoms with E-state index in [-0.39, 0.29) is 22.9 Å². The van der Waals surface area contributed by atoms with Gasteiger partial charge in [0.15, 0.2) is 0 Å². The summed E-state index contributed by atoms with van der Waals surface area (Å²) >= 11 is 0. The molecule has 9 N–H and O–H groups in total. The Labute approximate surface area is 264 Å². The predicted octanol–water partition coefficient (Wildman–Crippen LogP) is 0.481. The van der Waals surface area contributed by atoms with Crippen molar-refractivity contribution in [3.8, 4) is 11.5 Å². The zero-order chi connectivity index (χ0) is 32.9. The quantitative estimate of drug-likeness (QED) is 0.148. The van der Waals surface area contributed by atoms with Crippen molar-refractivity contribution >= 4 is 23.2 Å². The van der Waals surface area contributed by atoms with E-state index in [4.69, 9.17) is 0 Å². The Kier molecular flexibility index (Phi) is 14.5. The number of carbonyl (C=O) groups excluding carboxylic acids is 2. The van der Waals surface area contributed by atoms with Gasteiger partial charge in [-0.3, -0.25) is 19.4 Å². The fraction of sp³-hybridized carbons (Fsp3) is 0.562. The van der Waals surface area contributed by atoms with Gasteiger partial charge >= 0.3 is 0 Å². The van der Waals surface area contributed by atoms with Gasteiger partial charge in [0.1, 0.15) is 11.5 Å². The molecule has 2 amide bonds. The van der Waals surface area contributed by atoms with Gasteiger partial charge in [-0.25, -0.2) is 0 Å². The normalized spacial score (nSPS) is 15.6. The Hall–Kier alpha value is -3.30. The van der Waals surface area contributed by atoms with Crippen molar-refractivity contribution in [2.75, 3.05) is 76.3 Å². The van der Waals surface area contributed by atoms with Crippen molar-refractivity contribution < 1.29 is 40.2 Å². The topological polar surface area (TPSA) is 198 Å². The minimum absolute atomic E-state index is 0.0419. The maximum Gasteiger partial charge on any atom is 0.232 e. The van der Waals surface area contributed by atoms with Crippen molar-refractivity contribution in [3.05, 3.63) is 46.5 Å². The summed E-state index contributed by atoms with van der Waals surface area (Å²) in [5.74, 6) is -3.19. The maximum atomic E-state index is 12.4. The molecule has 1 aliphatic rings. The van der Waals surface area contributed by atoms with Crippen molar-refractivity contribution in [2.24, 2.45) is 11.8 Å². The van der Waals surface area contributed by atoms with Crippen LogP contribution < -0.4 is 16.0 Å². The van der Waals surface area contributed by atoms with Crippen LogP contribution in [0.15, 0.2) is 24.3 Å². The first kappa shape index (κ1) is 36.2. The maximum absolute atomic E-state index is 12.4. The van der Waals surface area contributed by atoms with Crippen LogP contribution in [0.1, 0.15) is 35.1 Å². The number of nitrogens with one attached hydrogen (secondary N) is 3. The van der Waals surface area contributed by atoms with Gasteiger partial charge < -0.3 is 46.6 Å². The van der Waals surface area contributed by atoms with Crippen LogP contribution in [0.5, 0.6) is 11.5 Å². The summed E-state index contributed by atoms with van der Waals surface area (Å²) in [5.41, 5.74) is 3.50. The number of aryl methyl sites for hydroxylation is 2. The standard InChI is InChI=1S/C32H49N5O8/c1-21-11-23(29(42)27(13-21)34-31(44)25(17-38)18-39)15-36-7-3-5-33-6-10-37(9-4-8-36)16-24-12-22(2)14-28(30(24)43)35-32(45)26(19-40)20-41/h11-14,25-26,33,38-43H,3-10,15-20H2,1-2H3,(H,34,44)(H,35,45). The Morgan fingerprint density at radius 3 is 1.56 bits per heavy atom. The predicted molar refractivity (Wildman–Crippen MR) is 171 cm³/mol. The van der Waals surface area contributed by atoms with E-state index in [0.29, 0.717) is 24.2 Å². The lowest BCUT2D eigenvalue weighted by Crippen LogP contribution is -2.33. The Morgan fingerprint density at radius 2 is 1.11 bits per heavy atom. The second-order valence-corrected chi connectivity index (χ2v) is 11.8. The molecule has 45 heavy (non-hydrogen) atoms. The average Bonchev–Trinajstić information content (AvgIpc) is 3.04. The number of carbonyl (C=O) groups is 2. The second kappa shape index (κ2) is 18.0. The number of aliphatic hydroxyl groups excluding tert-OH is 4. The number of hydrogen-bond acceptors (Lipinski definition) is 11. The van der Waals surface area contributed by atoms with Crippen LogP contribution >= 0.6 is 0 Å². The number of rotatable bonds is 12. The molecule has 3 rings (SSSR count). The number of aliphatic hydroxyl groups is 4. The number of phenolic OH excluding ortho intramolecular Hbond substituents is 2. The molecule has 0 spiro atoms. The second-order valence-electron chi connectivity index (χ2n) is 11.8. The number of aromatic hydroxyl groups is 2. The van der Waals surface area contributed by atoms with Crippen LogP contribution in [0, 0.1) is 25.7 Å². The summed E-state index contributed by atoms with van der Waals surface area (Å²) in [6.07, 6.45) is 1.71. The number of benzene rings is 2. The number of amides is 2. The molecule has 0 aromatic heterocycles. The number of anilines is 2.